The molecule has 2 unspecified atom stereocenters. The summed E-state index contributed by atoms with van der Waals surface area (Å²) in [6.45, 7) is 0.952. The van der Waals surface area contributed by atoms with E-state index in [-0.39, 0.29) is 41.5 Å². The molecule has 1 aliphatic carbocycles. The van der Waals surface area contributed by atoms with Crippen LogP contribution in [0.3, 0.4) is 0 Å². The van der Waals surface area contributed by atoms with Gasteiger partial charge in [0.2, 0.25) is 5.91 Å². The van der Waals surface area contributed by atoms with Crippen LogP contribution < -0.4 is 10.6 Å². The van der Waals surface area contributed by atoms with Crippen molar-refractivity contribution in [2.75, 3.05) is 13.1 Å². The zero-order valence-electron chi connectivity index (χ0n) is 17.9. The van der Waals surface area contributed by atoms with Crippen LogP contribution >= 0.6 is 0 Å². The first-order chi connectivity index (χ1) is 15.5. The molecule has 2 aromatic rings. The molecular formula is C24H28FN3O4. The maximum absolute atomic E-state index is 13.1. The minimum atomic E-state index is -0.392. The van der Waals surface area contributed by atoms with Gasteiger partial charge in [-0.25, -0.2) is 4.39 Å². The molecule has 1 aromatic carbocycles. The van der Waals surface area contributed by atoms with Crippen LogP contribution in [0, 0.1) is 11.7 Å². The molecule has 1 saturated heterocycles. The number of carbonyl (C=O) groups excluding carboxylic acids is 3. The van der Waals surface area contributed by atoms with Crippen molar-refractivity contribution in [2.24, 2.45) is 5.92 Å². The first-order valence-electron chi connectivity index (χ1n) is 11.2. The Bertz CT molecular complexity index is 945. The quantitative estimate of drug-likeness (QED) is 0.746. The highest BCUT2D eigenvalue weighted by Gasteiger charge is 2.33. The molecular weight excluding hydrogens is 413 g/mol. The average molecular weight is 442 g/mol. The number of likely N-dealkylation sites (tertiary alicyclic amines) is 1. The lowest BCUT2D eigenvalue weighted by Gasteiger charge is -2.36. The van der Waals surface area contributed by atoms with Crippen LogP contribution in [0.25, 0.3) is 0 Å². The number of piperidine rings is 1. The smallest absolute Gasteiger partial charge is 0.289 e. The Morgan fingerprint density at radius 3 is 2.34 bits per heavy atom. The predicted octanol–water partition coefficient (Wildman–Crippen LogP) is 3.13. The summed E-state index contributed by atoms with van der Waals surface area (Å²) in [4.78, 5) is 39.9. The fraction of sp³-hybridized carbons (Fsp3) is 0.458. The minimum Gasteiger partial charge on any atom is -0.459 e. The lowest BCUT2D eigenvalue weighted by atomic mass is 9.88. The van der Waals surface area contributed by atoms with E-state index in [1.165, 1.54) is 30.5 Å². The minimum absolute atomic E-state index is 0.0881. The van der Waals surface area contributed by atoms with Crippen molar-refractivity contribution in [1.29, 1.82) is 0 Å². The maximum Gasteiger partial charge on any atom is 0.289 e. The van der Waals surface area contributed by atoms with Crippen molar-refractivity contribution in [2.45, 2.75) is 50.6 Å². The Morgan fingerprint density at radius 2 is 1.66 bits per heavy atom. The number of rotatable bonds is 5. The summed E-state index contributed by atoms with van der Waals surface area (Å²) in [6.07, 6.45) is 6.42. The van der Waals surface area contributed by atoms with E-state index >= 15 is 0 Å². The van der Waals surface area contributed by atoms with Crippen LogP contribution in [-0.2, 0) is 4.79 Å². The van der Waals surface area contributed by atoms with Gasteiger partial charge in [0.15, 0.2) is 5.76 Å². The Labute approximate surface area is 186 Å². The van der Waals surface area contributed by atoms with Gasteiger partial charge in [0, 0.05) is 30.7 Å². The van der Waals surface area contributed by atoms with Crippen molar-refractivity contribution >= 4 is 17.7 Å². The van der Waals surface area contributed by atoms with Gasteiger partial charge in [-0.15, -0.1) is 0 Å². The Morgan fingerprint density at radius 1 is 0.938 bits per heavy atom. The Hall–Kier alpha value is -3.16. The average Bonchev–Trinajstić information content (AvgIpc) is 3.35. The molecule has 3 atom stereocenters. The van der Waals surface area contributed by atoms with E-state index in [2.05, 4.69) is 10.6 Å². The summed E-state index contributed by atoms with van der Waals surface area (Å²) in [5, 5.41) is 6.13. The second-order valence-electron chi connectivity index (χ2n) is 8.55. The molecule has 0 radical (unpaired) electrons. The molecule has 0 bridgehead atoms. The number of nitrogens with one attached hydrogen (secondary N) is 2. The van der Waals surface area contributed by atoms with E-state index in [0.29, 0.717) is 25.1 Å². The fourth-order valence-corrected chi connectivity index (χ4v) is 4.56. The highest BCUT2D eigenvalue weighted by molar-refractivity contribution is 5.94. The van der Waals surface area contributed by atoms with Crippen LogP contribution in [0.2, 0.25) is 0 Å². The van der Waals surface area contributed by atoms with Gasteiger partial charge in [0.25, 0.3) is 11.8 Å². The lowest BCUT2D eigenvalue weighted by Crippen LogP contribution is -2.55. The third kappa shape index (κ3) is 5.18. The molecule has 2 heterocycles. The van der Waals surface area contributed by atoms with Crippen molar-refractivity contribution in [3.63, 3.8) is 0 Å². The van der Waals surface area contributed by atoms with E-state index in [1.807, 2.05) is 0 Å². The van der Waals surface area contributed by atoms with Crippen molar-refractivity contribution in [1.82, 2.24) is 15.5 Å². The van der Waals surface area contributed by atoms with Gasteiger partial charge < -0.3 is 20.0 Å². The lowest BCUT2D eigenvalue weighted by molar-refractivity contribution is -0.127. The monoisotopic (exact) mass is 441 g/mol. The number of halogens is 1. The van der Waals surface area contributed by atoms with E-state index in [4.69, 9.17) is 4.42 Å². The van der Waals surface area contributed by atoms with Crippen molar-refractivity contribution in [3.05, 3.63) is 59.8 Å². The van der Waals surface area contributed by atoms with Crippen LogP contribution in [0.1, 0.15) is 59.4 Å². The molecule has 0 spiro atoms. The van der Waals surface area contributed by atoms with Crippen molar-refractivity contribution < 1.29 is 23.2 Å². The highest BCUT2D eigenvalue weighted by Crippen LogP contribution is 2.23. The van der Waals surface area contributed by atoms with Gasteiger partial charge in [-0.1, -0.05) is 12.8 Å². The topological polar surface area (TPSA) is 91.7 Å². The zero-order valence-corrected chi connectivity index (χ0v) is 17.9. The van der Waals surface area contributed by atoms with Gasteiger partial charge in [0.1, 0.15) is 5.82 Å². The van der Waals surface area contributed by atoms with Gasteiger partial charge >= 0.3 is 0 Å². The zero-order chi connectivity index (χ0) is 22.5. The summed E-state index contributed by atoms with van der Waals surface area (Å²) >= 11 is 0. The summed E-state index contributed by atoms with van der Waals surface area (Å²) < 4.78 is 18.3. The van der Waals surface area contributed by atoms with Gasteiger partial charge in [-0.05, 0) is 62.1 Å². The first-order valence-corrected chi connectivity index (χ1v) is 11.2. The summed E-state index contributed by atoms with van der Waals surface area (Å²) in [7, 11) is 0. The molecule has 170 valence electrons. The summed E-state index contributed by atoms with van der Waals surface area (Å²) in [5.74, 6) is -0.968. The molecule has 1 saturated carbocycles. The van der Waals surface area contributed by atoms with E-state index in [1.54, 1.807) is 17.0 Å². The molecule has 7 nitrogen and oxygen atoms in total. The van der Waals surface area contributed by atoms with Crippen molar-refractivity contribution in [3.8, 4) is 0 Å². The van der Waals surface area contributed by atoms with Gasteiger partial charge in [0.05, 0.1) is 12.2 Å². The molecule has 1 aliphatic heterocycles. The summed E-state index contributed by atoms with van der Waals surface area (Å²) in [5.41, 5.74) is 0.390. The molecule has 32 heavy (non-hydrogen) atoms. The molecule has 2 N–H and O–H groups in total. The van der Waals surface area contributed by atoms with Crippen LogP contribution in [-0.4, -0.2) is 47.8 Å². The third-order valence-corrected chi connectivity index (χ3v) is 6.33. The largest absolute Gasteiger partial charge is 0.459 e. The number of amides is 3. The number of hydrogen-bond acceptors (Lipinski definition) is 4. The standard InChI is InChI=1S/C24H28FN3O4/c25-18-11-9-16(10-12-18)22(29)26-19-6-1-2-7-20(19)27-23(30)17-5-3-13-28(15-17)24(31)21-8-4-14-32-21/h4,8-12,14,17,19-20H,1-3,5-7,13,15H2,(H,26,29)(H,27,30)/t17?,19-,20?/m1/s1. The number of carbonyl (C=O) groups is 3. The fourth-order valence-electron chi connectivity index (χ4n) is 4.56. The normalized spacial score (nSPS) is 23.4. The summed E-state index contributed by atoms with van der Waals surface area (Å²) in [6, 6.07) is 8.36. The van der Waals surface area contributed by atoms with Crippen LogP contribution in [0.4, 0.5) is 4.39 Å². The van der Waals surface area contributed by atoms with Crippen LogP contribution in [0.15, 0.2) is 47.1 Å². The van der Waals surface area contributed by atoms with E-state index in [0.717, 1.165) is 32.1 Å². The molecule has 1 aromatic heterocycles. The van der Waals surface area contributed by atoms with E-state index in [9.17, 15) is 18.8 Å². The number of nitrogens with zero attached hydrogens (tertiary/aromatic N) is 1. The molecule has 8 heteroatoms. The first kappa shape index (κ1) is 22.0. The predicted molar refractivity (Wildman–Crippen MR) is 115 cm³/mol. The SMILES string of the molecule is O=C(N[C@@H]1CCCCC1NC(=O)C1CCCN(C(=O)c2ccco2)C1)c1ccc(F)cc1. The third-order valence-electron chi connectivity index (χ3n) is 6.33. The second-order valence-corrected chi connectivity index (χ2v) is 8.55. The van der Waals surface area contributed by atoms with Gasteiger partial charge in [-0.3, -0.25) is 14.4 Å². The highest BCUT2D eigenvalue weighted by atomic mass is 19.1. The second kappa shape index (κ2) is 9.97. The number of hydrogen-bond donors (Lipinski definition) is 2. The number of benzene rings is 1. The van der Waals surface area contributed by atoms with Crippen LogP contribution in [0.5, 0.6) is 0 Å². The molecule has 4 rings (SSSR count). The molecule has 2 fully saturated rings. The van der Waals surface area contributed by atoms with Gasteiger partial charge in [-0.2, -0.15) is 0 Å². The maximum atomic E-state index is 13.1. The van der Waals surface area contributed by atoms with E-state index < -0.39 is 5.82 Å². The molecule has 3 amide bonds. The Kier molecular flexibility index (Phi) is 6.87. The number of furan rings is 1. The molecule has 2 aliphatic rings. The Balaban J connectivity index is 1.35.